The number of alkyl carbamates (subject to hydrolysis) is 1. The molecule has 3 aromatic carbocycles. The molecule has 5 heterocycles. The van der Waals surface area contributed by atoms with Crippen LogP contribution in [0.3, 0.4) is 0 Å². The number of ether oxygens (including phenoxy) is 3. The van der Waals surface area contributed by atoms with Crippen molar-refractivity contribution in [3.63, 3.8) is 0 Å². The van der Waals surface area contributed by atoms with Crippen molar-refractivity contribution in [1.82, 2.24) is 40.4 Å². The molecule has 0 spiro atoms. The van der Waals surface area contributed by atoms with E-state index in [9.17, 15) is 29.5 Å². The van der Waals surface area contributed by atoms with Crippen molar-refractivity contribution in [2.45, 2.75) is 97.1 Å². The van der Waals surface area contributed by atoms with Crippen LogP contribution in [0.15, 0.2) is 42.5 Å². The first kappa shape index (κ1) is 44.0. The summed E-state index contributed by atoms with van der Waals surface area (Å²) in [7, 11) is 2.89. The highest BCUT2D eigenvalue weighted by Crippen LogP contribution is 2.44. The summed E-state index contributed by atoms with van der Waals surface area (Å²) in [6, 6.07) is 13.7. The molecular weight excluding hydrogens is 819 g/mol. The molecule has 336 valence electrons. The number of fused-ring (bicyclic) bond motifs is 6. The topological polar surface area (TPSA) is 228 Å². The molecule has 0 saturated carbocycles. The van der Waals surface area contributed by atoms with Gasteiger partial charge in [-0.25, -0.2) is 19.6 Å². The van der Waals surface area contributed by atoms with E-state index >= 15 is 0 Å². The number of likely N-dealkylation sites (tertiary alicyclic amines) is 2. The van der Waals surface area contributed by atoms with E-state index in [0.29, 0.717) is 55.5 Å². The van der Waals surface area contributed by atoms with Gasteiger partial charge in [0.05, 0.1) is 42.5 Å². The minimum Gasteiger partial charge on any atom is -0.488 e. The summed E-state index contributed by atoms with van der Waals surface area (Å²) >= 11 is 0. The zero-order valence-corrected chi connectivity index (χ0v) is 37.2. The zero-order valence-electron chi connectivity index (χ0n) is 37.2. The fourth-order valence-corrected chi connectivity index (χ4v) is 9.72. The maximum Gasteiger partial charge on any atom is 0.407 e. The van der Waals surface area contributed by atoms with E-state index in [2.05, 4.69) is 32.7 Å². The van der Waals surface area contributed by atoms with Gasteiger partial charge in [-0.3, -0.25) is 9.59 Å². The van der Waals surface area contributed by atoms with Gasteiger partial charge in [0.1, 0.15) is 42.2 Å². The predicted octanol–water partition coefficient (Wildman–Crippen LogP) is 7.19. The number of methoxy groups -OCH3 is 2. The first-order valence-corrected chi connectivity index (χ1v) is 21.9. The largest absolute Gasteiger partial charge is 0.488 e. The van der Waals surface area contributed by atoms with Crippen molar-refractivity contribution in [2.75, 3.05) is 27.4 Å². The molecule has 64 heavy (non-hydrogen) atoms. The van der Waals surface area contributed by atoms with E-state index in [1.807, 2.05) is 71.0 Å². The number of H-pyrrole nitrogens is 2. The fraction of sp³-hybridized carbons (Fsp3) is 0.468. The summed E-state index contributed by atoms with van der Waals surface area (Å²) in [6.45, 7) is 10.6. The molecular formula is C47H55N9O8. The van der Waals surface area contributed by atoms with Gasteiger partial charge >= 0.3 is 12.2 Å². The SMILES string of the molecule is CCC(C)C(NC(=O)OC)C(=O)N1C[C@@H](COC)C[C@H]1c1nc(C#N)c(-c2ccc3c(c2)COc2cc4c(ccc5[nH]c([C@@H]6CC[C@H](C)N6C(=O)C(NC(=O)O)C(C)C)nc54)cc2-3)[nH]1. The average molecular weight is 874 g/mol. The van der Waals surface area contributed by atoms with E-state index in [1.165, 1.54) is 7.11 Å². The highest BCUT2D eigenvalue weighted by atomic mass is 16.5. The van der Waals surface area contributed by atoms with Crippen molar-refractivity contribution >= 4 is 45.8 Å². The third-order valence-electron chi connectivity index (χ3n) is 13.3. The van der Waals surface area contributed by atoms with Gasteiger partial charge in [0.2, 0.25) is 11.8 Å². The Kier molecular flexibility index (Phi) is 12.3. The van der Waals surface area contributed by atoms with Gasteiger partial charge in [0.25, 0.3) is 0 Å². The van der Waals surface area contributed by atoms with Crippen LogP contribution in [0.25, 0.3) is 44.2 Å². The number of nitrogens with one attached hydrogen (secondary N) is 4. The number of carboxylic acid groups (broad SMARTS) is 1. The van der Waals surface area contributed by atoms with E-state index in [-0.39, 0.29) is 54.0 Å². The summed E-state index contributed by atoms with van der Waals surface area (Å²) in [6.07, 6.45) is 0.750. The minimum absolute atomic E-state index is 0.0152. The predicted molar refractivity (Wildman–Crippen MR) is 237 cm³/mol. The van der Waals surface area contributed by atoms with Crippen molar-refractivity contribution in [1.29, 1.82) is 5.26 Å². The second-order valence-corrected chi connectivity index (χ2v) is 17.7. The Labute approximate surface area is 370 Å². The van der Waals surface area contributed by atoms with Gasteiger partial charge in [-0.15, -0.1) is 0 Å². The van der Waals surface area contributed by atoms with Crippen LogP contribution in [0.1, 0.15) is 95.3 Å². The van der Waals surface area contributed by atoms with Crippen molar-refractivity contribution in [3.8, 4) is 34.2 Å². The molecule has 2 fully saturated rings. The van der Waals surface area contributed by atoms with E-state index in [4.69, 9.17) is 24.2 Å². The molecule has 2 aromatic heterocycles. The molecule has 5 N–H and O–H groups in total. The number of benzene rings is 3. The van der Waals surface area contributed by atoms with Crippen LogP contribution in [-0.4, -0.2) is 104 Å². The third kappa shape index (κ3) is 8.06. The lowest BCUT2D eigenvalue weighted by Crippen LogP contribution is -2.52. The summed E-state index contributed by atoms with van der Waals surface area (Å²) < 4.78 is 16.8. The van der Waals surface area contributed by atoms with Crippen LogP contribution in [0.5, 0.6) is 5.75 Å². The number of hydrogen-bond acceptors (Lipinski definition) is 10. The Balaban J connectivity index is 1.09. The number of nitrogens with zero attached hydrogens (tertiary/aromatic N) is 5. The van der Waals surface area contributed by atoms with E-state index < -0.39 is 30.3 Å². The highest BCUT2D eigenvalue weighted by molar-refractivity contribution is 6.07. The van der Waals surface area contributed by atoms with Crippen LogP contribution < -0.4 is 15.4 Å². The molecule has 2 saturated heterocycles. The number of hydrogen-bond donors (Lipinski definition) is 5. The van der Waals surface area contributed by atoms with E-state index in [1.54, 1.807) is 16.9 Å². The van der Waals surface area contributed by atoms with E-state index in [0.717, 1.165) is 50.5 Å². The second-order valence-electron chi connectivity index (χ2n) is 17.7. The van der Waals surface area contributed by atoms with Gasteiger partial charge < -0.3 is 49.7 Å². The Morgan fingerprint density at radius 1 is 0.969 bits per heavy atom. The lowest BCUT2D eigenvalue weighted by Gasteiger charge is -2.32. The molecule has 0 aliphatic carbocycles. The van der Waals surface area contributed by atoms with Gasteiger partial charge in [-0.1, -0.05) is 52.3 Å². The van der Waals surface area contributed by atoms with Crippen LogP contribution in [-0.2, 0) is 25.7 Å². The second kappa shape index (κ2) is 17.8. The van der Waals surface area contributed by atoms with Crippen LogP contribution >= 0.6 is 0 Å². The van der Waals surface area contributed by atoms with Crippen molar-refractivity contribution in [2.24, 2.45) is 17.8 Å². The number of rotatable bonds is 12. The number of aromatic nitrogens is 4. The monoisotopic (exact) mass is 873 g/mol. The third-order valence-corrected chi connectivity index (χ3v) is 13.3. The molecule has 17 heteroatoms. The maximum atomic E-state index is 14.2. The first-order chi connectivity index (χ1) is 30.7. The number of amides is 4. The van der Waals surface area contributed by atoms with Crippen LogP contribution in [0.4, 0.5) is 9.59 Å². The average Bonchev–Trinajstić information content (AvgIpc) is 4.10. The maximum absolute atomic E-state index is 14.2. The molecule has 7 atom stereocenters. The molecule has 3 aliphatic rings. The number of aromatic amines is 2. The molecule has 4 amide bonds. The Bertz CT molecular complexity index is 2670. The van der Waals surface area contributed by atoms with Gasteiger partial charge in [0, 0.05) is 42.1 Å². The van der Waals surface area contributed by atoms with Gasteiger partial charge in [0.15, 0.2) is 5.69 Å². The fourth-order valence-electron chi connectivity index (χ4n) is 9.72. The first-order valence-electron chi connectivity index (χ1n) is 21.9. The minimum atomic E-state index is -1.23. The molecule has 3 aliphatic heterocycles. The normalized spacial score (nSPS) is 20.6. The standard InChI is InChI=1S/C47H55N9O8/c1-8-24(4)39(54-47(61)63-7)44(57)55-20-26(21-62-6)15-36(55)43-50-34(19-48)40(51-43)28-10-12-30-29(16-28)22-64-37-18-31-27(17-32(30)37)11-13-33-41(31)52-42(49-33)35-14-9-25(5)56(35)45(58)38(23(2)3)53-46(59)60/h10-13,16-18,23-26,35-36,38-39,53H,8-9,14-15,20-22H2,1-7H3,(H,49,52)(H,50,51)(H,54,61)(H,59,60)/t24?,25-,26-,35-,36-,38?,39?/m0/s1. The number of imidazole rings is 2. The lowest BCUT2D eigenvalue weighted by molar-refractivity contribution is -0.137. The number of carbonyl (C=O) groups excluding carboxylic acids is 3. The van der Waals surface area contributed by atoms with Crippen molar-refractivity contribution in [3.05, 3.63) is 65.4 Å². The van der Waals surface area contributed by atoms with Crippen LogP contribution in [0.2, 0.25) is 0 Å². The highest BCUT2D eigenvalue weighted by Gasteiger charge is 2.43. The molecule has 0 bridgehead atoms. The Hall–Kier alpha value is -6.67. The summed E-state index contributed by atoms with van der Waals surface area (Å²) in [4.78, 5) is 72.1. The summed E-state index contributed by atoms with van der Waals surface area (Å²) in [5.74, 6) is 0.940. The molecule has 8 rings (SSSR count). The lowest BCUT2D eigenvalue weighted by atomic mass is 9.92. The Morgan fingerprint density at radius 2 is 1.75 bits per heavy atom. The molecule has 0 radical (unpaired) electrons. The van der Waals surface area contributed by atoms with Crippen molar-refractivity contribution < 1.29 is 38.5 Å². The Morgan fingerprint density at radius 3 is 2.45 bits per heavy atom. The number of carbonyl (C=O) groups is 4. The molecule has 17 nitrogen and oxygen atoms in total. The quantitative estimate of drug-likeness (QED) is 0.0843. The van der Waals surface area contributed by atoms with Gasteiger partial charge in [-0.2, -0.15) is 5.26 Å². The molecule has 5 aromatic rings. The van der Waals surface area contributed by atoms with Gasteiger partial charge in [-0.05, 0) is 78.8 Å². The summed E-state index contributed by atoms with van der Waals surface area (Å²) in [5, 5.41) is 26.8. The smallest absolute Gasteiger partial charge is 0.407 e. The van der Waals surface area contributed by atoms with Crippen LogP contribution in [0, 0.1) is 29.1 Å². The molecule has 3 unspecified atom stereocenters. The summed E-state index contributed by atoms with van der Waals surface area (Å²) in [5.41, 5.74) is 5.87. The number of nitriles is 1. The zero-order chi connectivity index (χ0) is 45.6.